The number of aromatic nitrogens is 5. The fraction of sp³-hybridized carbons (Fsp3) is 0.450. The van der Waals surface area contributed by atoms with Gasteiger partial charge in [0, 0.05) is 26.1 Å². The molecule has 1 fully saturated rings. The SMILES string of the molecule is C=CCn1c(CN2CCCC(c3nnc(CO)n3C)C2)nc2ccccc21. The molecule has 142 valence electrons. The molecule has 2 aromatic heterocycles. The lowest BCUT2D eigenvalue weighted by Gasteiger charge is -2.32. The number of nitrogens with zero attached hydrogens (tertiary/aromatic N) is 6. The number of likely N-dealkylation sites (tertiary alicyclic amines) is 1. The fourth-order valence-corrected chi connectivity index (χ4v) is 4.06. The highest BCUT2D eigenvalue weighted by atomic mass is 16.3. The van der Waals surface area contributed by atoms with Gasteiger partial charge in [0.25, 0.3) is 0 Å². The van der Waals surface area contributed by atoms with Crippen LogP contribution >= 0.6 is 0 Å². The highest BCUT2D eigenvalue weighted by molar-refractivity contribution is 5.75. The molecule has 3 heterocycles. The molecule has 1 atom stereocenters. The first-order valence-electron chi connectivity index (χ1n) is 9.47. The molecule has 0 bridgehead atoms. The first-order valence-corrected chi connectivity index (χ1v) is 9.47. The van der Waals surface area contributed by atoms with Crippen molar-refractivity contribution in [2.75, 3.05) is 13.1 Å². The maximum atomic E-state index is 9.37. The minimum Gasteiger partial charge on any atom is -0.388 e. The maximum absolute atomic E-state index is 9.37. The van der Waals surface area contributed by atoms with Crippen LogP contribution in [0.15, 0.2) is 36.9 Å². The predicted molar refractivity (Wildman–Crippen MR) is 104 cm³/mol. The third-order valence-corrected chi connectivity index (χ3v) is 5.42. The van der Waals surface area contributed by atoms with Crippen LogP contribution in [0.5, 0.6) is 0 Å². The van der Waals surface area contributed by atoms with Gasteiger partial charge in [0.05, 0.1) is 17.6 Å². The number of aliphatic hydroxyl groups excluding tert-OH is 1. The Hall–Kier alpha value is -2.51. The van der Waals surface area contributed by atoms with Gasteiger partial charge in [-0.3, -0.25) is 4.90 Å². The second-order valence-electron chi connectivity index (χ2n) is 7.18. The summed E-state index contributed by atoms with van der Waals surface area (Å²) in [7, 11) is 1.93. The molecule has 1 N–H and O–H groups in total. The molecule has 7 heteroatoms. The second-order valence-corrected chi connectivity index (χ2v) is 7.18. The van der Waals surface area contributed by atoms with E-state index < -0.39 is 0 Å². The summed E-state index contributed by atoms with van der Waals surface area (Å²) in [6.07, 6.45) is 4.14. The van der Waals surface area contributed by atoms with Gasteiger partial charge in [-0.05, 0) is 31.5 Å². The van der Waals surface area contributed by atoms with Gasteiger partial charge < -0.3 is 14.2 Å². The number of piperidine rings is 1. The zero-order valence-electron chi connectivity index (χ0n) is 15.8. The summed E-state index contributed by atoms with van der Waals surface area (Å²) in [4.78, 5) is 7.31. The van der Waals surface area contributed by atoms with E-state index in [2.05, 4.69) is 44.4 Å². The number of para-hydroxylation sites is 2. The second kappa shape index (κ2) is 7.62. The molecule has 0 radical (unpaired) electrons. The molecule has 1 unspecified atom stereocenters. The predicted octanol–water partition coefficient (Wildman–Crippen LogP) is 2.22. The molecule has 27 heavy (non-hydrogen) atoms. The van der Waals surface area contributed by atoms with Crippen molar-refractivity contribution in [2.24, 2.45) is 7.05 Å². The van der Waals surface area contributed by atoms with Crippen LogP contribution < -0.4 is 0 Å². The van der Waals surface area contributed by atoms with Crippen LogP contribution in [-0.4, -0.2) is 47.4 Å². The van der Waals surface area contributed by atoms with Gasteiger partial charge in [0.2, 0.25) is 0 Å². The average Bonchev–Trinajstić information content (AvgIpc) is 3.23. The number of rotatable bonds is 6. The summed E-state index contributed by atoms with van der Waals surface area (Å²) in [5.41, 5.74) is 2.19. The first-order chi connectivity index (χ1) is 13.2. The van der Waals surface area contributed by atoms with E-state index in [9.17, 15) is 5.11 Å². The number of fused-ring (bicyclic) bond motifs is 1. The van der Waals surface area contributed by atoms with Gasteiger partial charge in [-0.1, -0.05) is 18.2 Å². The smallest absolute Gasteiger partial charge is 0.158 e. The van der Waals surface area contributed by atoms with E-state index in [1.807, 2.05) is 23.8 Å². The molecule has 1 aliphatic rings. The van der Waals surface area contributed by atoms with E-state index >= 15 is 0 Å². The lowest BCUT2D eigenvalue weighted by molar-refractivity contribution is 0.189. The van der Waals surface area contributed by atoms with Gasteiger partial charge in [0.15, 0.2) is 5.82 Å². The summed E-state index contributed by atoms with van der Waals surface area (Å²) < 4.78 is 4.18. The van der Waals surface area contributed by atoms with E-state index in [-0.39, 0.29) is 6.61 Å². The largest absolute Gasteiger partial charge is 0.388 e. The van der Waals surface area contributed by atoms with Crippen LogP contribution in [-0.2, 0) is 26.7 Å². The Kier molecular flexibility index (Phi) is 5.05. The van der Waals surface area contributed by atoms with Crippen molar-refractivity contribution < 1.29 is 5.11 Å². The number of allylic oxidation sites excluding steroid dienone is 1. The van der Waals surface area contributed by atoms with E-state index in [4.69, 9.17) is 4.98 Å². The lowest BCUT2D eigenvalue weighted by Crippen LogP contribution is -2.35. The Labute approximate surface area is 159 Å². The molecule has 3 aromatic rings. The van der Waals surface area contributed by atoms with Crippen molar-refractivity contribution in [2.45, 2.75) is 38.5 Å². The van der Waals surface area contributed by atoms with Crippen LogP contribution in [0.1, 0.15) is 36.2 Å². The number of aliphatic hydroxyl groups is 1. The zero-order valence-corrected chi connectivity index (χ0v) is 15.8. The zero-order chi connectivity index (χ0) is 18.8. The van der Waals surface area contributed by atoms with Crippen molar-refractivity contribution in [1.82, 2.24) is 29.2 Å². The monoisotopic (exact) mass is 366 g/mol. The quantitative estimate of drug-likeness (QED) is 0.677. The van der Waals surface area contributed by atoms with E-state index in [0.717, 1.165) is 61.7 Å². The topological polar surface area (TPSA) is 72.0 Å². The van der Waals surface area contributed by atoms with Gasteiger partial charge in [-0.15, -0.1) is 16.8 Å². The molecule has 1 saturated heterocycles. The Morgan fingerprint density at radius 3 is 2.89 bits per heavy atom. The van der Waals surface area contributed by atoms with Gasteiger partial charge in [0.1, 0.15) is 18.3 Å². The first kappa shape index (κ1) is 17.9. The Balaban J connectivity index is 1.56. The maximum Gasteiger partial charge on any atom is 0.158 e. The van der Waals surface area contributed by atoms with Crippen LogP contribution in [0, 0.1) is 0 Å². The highest BCUT2D eigenvalue weighted by Gasteiger charge is 2.26. The summed E-state index contributed by atoms with van der Waals surface area (Å²) in [5, 5.41) is 17.8. The minimum atomic E-state index is -0.0779. The summed E-state index contributed by atoms with van der Waals surface area (Å²) >= 11 is 0. The molecular weight excluding hydrogens is 340 g/mol. The number of benzene rings is 1. The van der Waals surface area contributed by atoms with Gasteiger partial charge in [-0.2, -0.15) is 0 Å². The molecule has 0 spiro atoms. The van der Waals surface area contributed by atoms with Crippen molar-refractivity contribution in [3.63, 3.8) is 0 Å². The third kappa shape index (κ3) is 3.40. The van der Waals surface area contributed by atoms with Crippen LogP contribution in [0.2, 0.25) is 0 Å². The lowest BCUT2D eigenvalue weighted by atomic mass is 9.97. The molecule has 1 aromatic carbocycles. The standard InChI is InChI=1S/C20H26N6O/c1-3-10-26-17-9-5-4-8-16(17)21-18(26)13-25-11-6-7-15(12-25)20-23-22-19(14-27)24(20)2/h3-5,8-9,15,27H,1,6-7,10-14H2,2H3. The Bertz CT molecular complexity index is 943. The molecule has 0 aliphatic carbocycles. The molecular formula is C20H26N6O. The summed E-state index contributed by atoms with van der Waals surface area (Å²) in [6.45, 7) is 7.37. The van der Waals surface area contributed by atoms with E-state index in [0.29, 0.717) is 11.7 Å². The summed E-state index contributed by atoms with van der Waals surface area (Å²) in [6, 6.07) is 8.26. The minimum absolute atomic E-state index is 0.0779. The number of imidazole rings is 1. The highest BCUT2D eigenvalue weighted by Crippen LogP contribution is 2.27. The van der Waals surface area contributed by atoms with Gasteiger partial charge in [-0.25, -0.2) is 4.98 Å². The fourth-order valence-electron chi connectivity index (χ4n) is 4.06. The van der Waals surface area contributed by atoms with E-state index in [1.165, 1.54) is 0 Å². The number of hydrogen-bond acceptors (Lipinski definition) is 5. The Morgan fingerprint density at radius 1 is 1.26 bits per heavy atom. The molecule has 4 rings (SSSR count). The Morgan fingerprint density at radius 2 is 2.11 bits per heavy atom. The van der Waals surface area contributed by atoms with Crippen LogP contribution in [0.25, 0.3) is 11.0 Å². The van der Waals surface area contributed by atoms with Crippen LogP contribution in [0.3, 0.4) is 0 Å². The van der Waals surface area contributed by atoms with E-state index in [1.54, 1.807) is 0 Å². The van der Waals surface area contributed by atoms with Crippen molar-refractivity contribution in [1.29, 1.82) is 0 Å². The third-order valence-electron chi connectivity index (χ3n) is 5.42. The van der Waals surface area contributed by atoms with Gasteiger partial charge >= 0.3 is 0 Å². The molecule has 7 nitrogen and oxygen atoms in total. The summed E-state index contributed by atoms with van der Waals surface area (Å²) in [5.74, 6) is 2.98. The van der Waals surface area contributed by atoms with Crippen molar-refractivity contribution in [3.8, 4) is 0 Å². The van der Waals surface area contributed by atoms with Crippen LogP contribution in [0.4, 0.5) is 0 Å². The number of hydrogen-bond donors (Lipinski definition) is 1. The molecule has 1 aliphatic heterocycles. The molecule has 0 saturated carbocycles. The van der Waals surface area contributed by atoms with Crippen molar-refractivity contribution in [3.05, 3.63) is 54.4 Å². The normalized spacial score (nSPS) is 18.2. The van der Waals surface area contributed by atoms with Crippen molar-refractivity contribution >= 4 is 11.0 Å². The average molecular weight is 366 g/mol. The molecule has 0 amide bonds.